The molecule has 1 unspecified atom stereocenters. The van der Waals surface area contributed by atoms with E-state index in [1.165, 1.54) is 7.11 Å². The van der Waals surface area contributed by atoms with E-state index in [9.17, 15) is 0 Å². The molecule has 82 valence electrons. The van der Waals surface area contributed by atoms with Gasteiger partial charge in [0.15, 0.2) is 0 Å². The third kappa shape index (κ3) is 2.44. The van der Waals surface area contributed by atoms with Crippen LogP contribution in [0.4, 0.5) is 5.95 Å². The van der Waals surface area contributed by atoms with E-state index in [0.717, 1.165) is 6.42 Å². The number of methoxy groups -OCH3 is 1. The summed E-state index contributed by atoms with van der Waals surface area (Å²) in [4.78, 5) is 11.5. The highest BCUT2D eigenvalue weighted by atomic mass is 16.6. The minimum atomic E-state index is -0.0171. The van der Waals surface area contributed by atoms with Crippen LogP contribution in [-0.2, 0) is 4.74 Å². The third-order valence-corrected chi connectivity index (χ3v) is 1.95. The van der Waals surface area contributed by atoms with Crippen molar-refractivity contribution in [1.82, 2.24) is 15.0 Å². The summed E-state index contributed by atoms with van der Waals surface area (Å²) in [6.07, 6.45) is 0.810. The van der Waals surface area contributed by atoms with E-state index in [0.29, 0.717) is 13.2 Å². The van der Waals surface area contributed by atoms with Gasteiger partial charge in [0.2, 0.25) is 5.95 Å². The second kappa shape index (κ2) is 4.26. The molecule has 0 radical (unpaired) electrons. The Morgan fingerprint density at radius 1 is 1.33 bits per heavy atom. The number of rotatable bonds is 3. The summed E-state index contributed by atoms with van der Waals surface area (Å²) in [5.74, 6) is 0.0794. The number of nitrogens with zero attached hydrogens (tertiary/aromatic N) is 3. The van der Waals surface area contributed by atoms with E-state index in [-0.39, 0.29) is 24.1 Å². The summed E-state index contributed by atoms with van der Waals surface area (Å²) >= 11 is 0. The Kier molecular flexibility index (Phi) is 2.82. The zero-order valence-electron chi connectivity index (χ0n) is 8.34. The van der Waals surface area contributed by atoms with Crippen LogP contribution in [0.15, 0.2) is 0 Å². The number of hydrogen-bond acceptors (Lipinski definition) is 7. The van der Waals surface area contributed by atoms with Gasteiger partial charge in [0.05, 0.1) is 20.3 Å². The summed E-state index contributed by atoms with van der Waals surface area (Å²) < 4.78 is 15.5. The fourth-order valence-electron chi connectivity index (χ4n) is 1.25. The molecule has 1 saturated heterocycles. The van der Waals surface area contributed by atoms with Gasteiger partial charge < -0.3 is 19.9 Å². The SMILES string of the molecule is COc1nc(N)nc(OC2CCOC2)n1. The number of anilines is 1. The van der Waals surface area contributed by atoms with E-state index >= 15 is 0 Å². The molecule has 0 spiro atoms. The highest BCUT2D eigenvalue weighted by Gasteiger charge is 2.19. The average molecular weight is 212 g/mol. The molecule has 2 heterocycles. The molecule has 1 aromatic rings. The lowest BCUT2D eigenvalue weighted by Crippen LogP contribution is -2.18. The molecular formula is C8H12N4O3. The van der Waals surface area contributed by atoms with E-state index < -0.39 is 0 Å². The van der Waals surface area contributed by atoms with Crippen molar-refractivity contribution < 1.29 is 14.2 Å². The fraction of sp³-hybridized carbons (Fsp3) is 0.625. The van der Waals surface area contributed by atoms with Crippen molar-refractivity contribution in [3.63, 3.8) is 0 Å². The Hall–Kier alpha value is -1.63. The van der Waals surface area contributed by atoms with Gasteiger partial charge in [-0.15, -0.1) is 4.98 Å². The molecule has 2 rings (SSSR count). The lowest BCUT2D eigenvalue weighted by atomic mass is 10.3. The van der Waals surface area contributed by atoms with E-state index in [4.69, 9.17) is 19.9 Å². The van der Waals surface area contributed by atoms with Crippen molar-refractivity contribution in [3.05, 3.63) is 0 Å². The first-order valence-electron chi connectivity index (χ1n) is 4.58. The molecule has 1 fully saturated rings. The molecule has 0 aliphatic carbocycles. The second-order valence-electron chi connectivity index (χ2n) is 3.07. The minimum absolute atomic E-state index is 0.0171. The molecule has 0 amide bonds. The van der Waals surface area contributed by atoms with Gasteiger partial charge in [0, 0.05) is 6.42 Å². The zero-order chi connectivity index (χ0) is 10.7. The van der Waals surface area contributed by atoms with Crippen LogP contribution >= 0.6 is 0 Å². The first kappa shape index (κ1) is 9.91. The topological polar surface area (TPSA) is 92.4 Å². The van der Waals surface area contributed by atoms with Crippen molar-refractivity contribution in [2.24, 2.45) is 0 Å². The predicted molar refractivity (Wildman–Crippen MR) is 50.6 cm³/mol. The molecule has 0 saturated carbocycles. The van der Waals surface area contributed by atoms with Gasteiger partial charge in [0.25, 0.3) is 0 Å². The average Bonchev–Trinajstić information content (AvgIpc) is 2.69. The van der Waals surface area contributed by atoms with Gasteiger partial charge in [-0.25, -0.2) is 0 Å². The van der Waals surface area contributed by atoms with E-state index in [1.54, 1.807) is 0 Å². The van der Waals surface area contributed by atoms with Crippen LogP contribution in [0.1, 0.15) is 6.42 Å². The van der Waals surface area contributed by atoms with Gasteiger partial charge in [-0.2, -0.15) is 9.97 Å². The zero-order valence-corrected chi connectivity index (χ0v) is 8.34. The van der Waals surface area contributed by atoms with Crippen LogP contribution < -0.4 is 15.2 Å². The minimum Gasteiger partial charge on any atom is -0.467 e. The maximum absolute atomic E-state index is 5.46. The van der Waals surface area contributed by atoms with Crippen LogP contribution in [0, 0.1) is 0 Å². The normalized spacial score (nSPS) is 20.2. The highest BCUT2D eigenvalue weighted by molar-refractivity contribution is 5.20. The quantitative estimate of drug-likeness (QED) is 0.730. The summed E-state index contributed by atoms with van der Waals surface area (Å²) in [6, 6.07) is 0.325. The maximum Gasteiger partial charge on any atom is 0.324 e. The molecule has 0 bridgehead atoms. The fourth-order valence-corrected chi connectivity index (χ4v) is 1.25. The van der Waals surface area contributed by atoms with Crippen LogP contribution in [0.2, 0.25) is 0 Å². The molecule has 1 aliphatic rings. The Morgan fingerprint density at radius 2 is 2.13 bits per heavy atom. The lowest BCUT2D eigenvalue weighted by Gasteiger charge is -2.09. The van der Waals surface area contributed by atoms with E-state index in [2.05, 4.69) is 15.0 Å². The lowest BCUT2D eigenvalue weighted by molar-refractivity contribution is 0.133. The van der Waals surface area contributed by atoms with Gasteiger partial charge in [-0.3, -0.25) is 0 Å². The van der Waals surface area contributed by atoms with Crippen molar-refractivity contribution in [2.45, 2.75) is 12.5 Å². The van der Waals surface area contributed by atoms with Crippen LogP contribution in [0.3, 0.4) is 0 Å². The van der Waals surface area contributed by atoms with Crippen LogP contribution in [0.25, 0.3) is 0 Å². The first-order chi connectivity index (χ1) is 7.28. The monoisotopic (exact) mass is 212 g/mol. The number of hydrogen-bond donors (Lipinski definition) is 1. The van der Waals surface area contributed by atoms with Crippen molar-refractivity contribution >= 4 is 5.95 Å². The Bertz CT molecular complexity index is 341. The number of aromatic nitrogens is 3. The number of nitrogens with two attached hydrogens (primary N) is 1. The van der Waals surface area contributed by atoms with Crippen molar-refractivity contribution in [1.29, 1.82) is 0 Å². The number of ether oxygens (including phenoxy) is 3. The van der Waals surface area contributed by atoms with Crippen molar-refractivity contribution in [3.8, 4) is 12.0 Å². The van der Waals surface area contributed by atoms with E-state index in [1.807, 2.05) is 0 Å². The molecule has 1 aliphatic heterocycles. The summed E-state index contributed by atoms with van der Waals surface area (Å²) in [7, 11) is 1.46. The molecule has 0 aromatic carbocycles. The Labute approximate surface area is 86.6 Å². The van der Waals surface area contributed by atoms with Gasteiger partial charge in [-0.1, -0.05) is 0 Å². The van der Waals surface area contributed by atoms with Gasteiger partial charge >= 0.3 is 12.0 Å². The molecule has 1 aromatic heterocycles. The first-order valence-corrected chi connectivity index (χ1v) is 4.58. The highest BCUT2D eigenvalue weighted by Crippen LogP contribution is 2.15. The smallest absolute Gasteiger partial charge is 0.324 e. The third-order valence-electron chi connectivity index (χ3n) is 1.95. The maximum atomic E-state index is 5.46. The summed E-state index contributed by atoms with van der Waals surface area (Å²) in [5, 5.41) is 0. The van der Waals surface area contributed by atoms with Gasteiger partial charge in [0.1, 0.15) is 6.10 Å². The molecule has 2 N–H and O–H groups in total. The largest absolute Gasteiger partial charge is 0.467 e. The van der Waals surface area contributed by atoms with Crippen molar-refractivity contribution in [2.75, 3.05) is 26.1 Å². The summed E-state index contributed by atoms with van der Waals surface area (Å²) in [6.45, 7) is 1.25. The number of nitrogen functional groups attached to an aromatic ring is 1. The predicted octanol–water partition coefficient (Wildman–Crippen LogP) is -0.370. The van der Waals surface area contributed by atoms with Crippen LogP contribution in [0.5, 0.6) is 12.0 Å². The van der Waals surface area contributed by atoms with Gasteiger partial charge in [-0.05, 0) is 0 Å². The van der Waals surface area contributed by atoms with Crippen LogP contribution in [-0.4, -0.2) is 41.4 Å². The molecule has 15 heavy (non-hydrogen) atoms. The summed E-state index contributed by atoms with van der Waals surface area (Å²) in [5.41, 5.74) is 5.46. The molecular weight excluding hydrogens is 200 g/mol. The molecule has 7 nitrogen and oxygen atoms in total. The Morgan fingerprint density at radius 3 is 2.80 bits per heavy atom. The standard InChI is InChI=1S/C8H12N4O3/c1-13-7-10-6(9)11-8(12-7)15-5-2-3-14-4-5/h5H,2-4H2,1H3,(H2,9,10,11,12). The molecule has 7 heteroatoms. The molecule has 1 atom stereocenters. The Balaban J connectivity index is 2.09. The second-order valence-corrected chi connectivity index (χ2v) is 3.07.